The van der Waals surface area contributed by atoms with Gasteiger partial charge in [-0.2, -0.15) is 5.26 Å². The molecule has 1 aromatic heterocycles. The molecule has 27 heavy (non-hydrogen) atoms. The summed E-state index contributed by atoms with van der Waals surface area (Å²) in [6.45, 7) is 2.18. The van der Waals surface area contributed by atoms with Crippen LogP contribution in [0.15, 0.2) is 53.4 Å². The number of anilines is 1. The van der Waals surface area contributed by atoms with Crippen LogP contribution in [0.25, 0.3) is 5.69 Å². The quantitative estimate of drug-likeness (QED) is 0.520. The van der Waals surface area contributed by atoms with Crippen molar-refractivity contribution < 1.29 is 9.53 Å². The van der Waals surface area contributed by atoms with Crippen LogP contribution in [0.5, 0.6) is 0 Å². The number of ether oxygens (including phenoxy) is 1. The van der Waals surface area contributed by atoms with Crippen molar-refractivity contribution in [3.63, 3.8) is 0 Å². The zero-order chi connectivity index (χ0) is 19.2. The number of nitriles is 1. The van der Waals surface area contributed by atoms with Crippen molar-refractivity contribution in [2.75, 3.05) is 12.4 Å². The number of amides is 1. The Labute approximate surface area is 161 Å². The fourth-order valence-electron chi connectivity index (χ4n) is 2.56. The van der Waals surface area contributed by atoms with Crippen molar-refractivity contribution in [1.82, 2.24) is 15.0 Å². The molecule has 7 nitrogen and oxygen atoms in total. The van der Waals surface area contributed by atoms with E-state index in [0.29, 0.717) is 11.4 Å². The Bertz CT molecular complexity index is 992. The highest BCUT2D eigenvalue weighted by Crippen LogP contribution is 2.20. The Morgan fingerprint density at radius 3 is 2.74 bits per heavy atom. The minimum Gasteiger partial charge on any atom is -0.378 e. The van der Waals surface area contributed by atoms with Gasteiger partial charge in [0.15, 0.2) is 5.69 Å². The lowest BCUT2D eigenvalue weighted by Crippen LogP contribution is -2.16. The molecule has 3 aromatic rings. The Hall–Kier alpha value is -3.15. The van der Waals surface area contributed by atoms with Crippen LogP contribution >= 0.6 is 11.8 Å². The van der Waals surface area contributed by atoms with Gasteiger partial charge in [0, 0.05) is 17.7 Å². The molecule has 1 amide bonds. The van der Waals surface area contributed by atoms with E-state index in [1.165, 1.54) is 0 Å². The number of nitrogens with zero attached hydrogens (tertiary/aromatic N) is 4. The Morgan fingerprint density at radius 1 is 1.30 bits per heavy atom. The molecule has 0 aliphatic heterocycles. The molecule has 1 heterocycles. The van der Waals surface area contributed by atoms with E-state index in [4.69, 9.17) is 10.00 Å². The van der Waals surface area contributed by atoms with E-state index < -0.39 is 0 Å². The molecule has 136 valence electrons. The topological polar surface area (TPSA) is 92.8 Å². The first kappa shape index (κ1) is 18.6. The fourth-order valence-corrected chi connectivity index (χ4v) is 2.94. The highest BCUT2D eigenvalue weighted by atomic mass is 32.2. The lowest BCUT2D eigenvalue weighted by atomic mass is 10.2. The average Bonchev–Trinajstić information content (AvgIpc) is 3.08. The molecular formula is C19H17N5O2S. The first-order valence-corrected chi connectivity index (χ1v) is 8.92. The molecule has 0 unspecified atom stereocenters. The van der Waals surface area contributed by atoms with E-state index >= 15 is 0 Å². The minimum atomic E-state index is -0.373. The second kappa shape index (κ2) is 8.49. The molecule has 1 N–H and O–H groups in total. The van der Waals surface area contributed by atoms with Gasteiger partial charge in [-0.15, -0.1) is 5.10 Å². The van der Waals surface area contributed by atoms with Crippen molar-refractivity contribution in [3.05, 3.63) is 65.5 Å². The summed E-state index contributed by atoms with van der Waals surface area (Å²) in [6, 6.07) is 14.8. The molecule has 2 aromatic carbocycles. The molecule has 3 rings (SSSR count). The Morgan fingerprint density at radius 2 is 2.07 bits per heavy atom. The van der Waals surface area contributed by atoms with Crippen LogP contribution in [-0.4, -0.2) is 28.0 Å². The molecule has 0 aliphatic carbocycles. The van der Waals surface area contributed by atoms with Gasteiger partial charge in [0.25, 0.3) is 5.91 Å². The van der Waals surface area contributed by atoms with Crippen molar-refractivity contribution >= 4 is 23.4 Å². The minimum absolute atomic E-state index is 0.196. The van der Waals surface area contributed by atoms with Crippen LogP contribution in [0, 0.1) is 17.6 Å². The number of hydrogen-bond donors (Lipinski definition) is 1. The van der Waals surface area contributed by atoms with Gasteiger partial charge in [-0.05, 0) is 60.6 Å². The van der Waals surface area contributed by atoms with Crippen LogP contribution in [0.3, 0.4) is 0 Å². The van der Waals surface area contributed by atoms with Crippen LogP contribution in [0.1, 0.15) is 21.7 Å². The largest absolute Gasteiger partial charge is 0.378 e. The number of aromatic nitrogens is 3. The highest BCUT2D eigenvalue weighted by Gasteiger charge is 2.21. The van der Waals surface area contributed by atoms with Gasteiger partial charge >= 0.3 is 0 Å². The standard InChI is InChI=1S/C19H17N5O2S/c1-13-4-3-5-15(10-13)24-17(11-26-2)18(22-23-24)19(25)21-14-6-8-16(9-7-14)27-12-20/h3-10H,11H2,1-2H3,(H,21,25). The van der Waals surface area contributed by atoms with Gasteiger partial charge in [-0.3, -0.25) is 4.79 Å². The number of methoxy groups -OCH3 is 1. The molecule has 0 bridgehead atoms. The van der Waals surface area contributed by atoms with E-state index in [1.807, 2.05) is 36.6 Å². The summed E-state index contributed by atoms with van der Waals surface area (Å²) in [5, 5.41) is 21.7. The number of benzene rings is 2. The van der Waals surface area contributed by atoms with E-state index in [2.05, 4.69) is 15.6 Å². The Kier molecular flexibility index (Phi) is 5.86. The summed E-state index contributed by atoms with van der Waals surface area (Å²) in [5.41, 5.74) is 3.26. The monoisotopic (exact) mass is 379 g/mol. The van der Waals surface area contributed by atoms with Crippen molar-refractivity contribution in [3.8, 4) is 11.1 Å². The van der Waals surface area contributed by atoms with Crippen LogP contribution < -0.4 is 5.32 Å². The molecular weight excluding hydrogens is 362 g/mol. The first-order chi connectivity index (χ1) is 13.1. The van der Waals surface area contributed by atoms with Crippen molar-refractivity contribution in [1.29, 1.82) is 5.26 Å². The Balaban J connectivity index is 1.87. The summed E-state index contributed by atoms with van der Waals surface area (Å²) in [4.78, 5) is 13.5. The smallest absolute Gasteiger partial charge is 0.278 e. The zero-order valence-electron chi connectivity index (χ0n) is 14.8. The van der Waals surface area contributed by atoms with Gasteiger partial charge in [0.1, 0.15) is 11.1 Å². The average molecular weight is 379 g/mol. The lowest BCUT2D eigenvalue weighted by molar-refractivity contribution is 0.101. The van der Waals surface area contributed by atoms with Gasteiger partial charge < -0.3 is 10.1 Å². The number of carbonyl (C=O) groups excluding carboxylic acids is 1. The van der Waals surface area contributed by atoms with Gasteiger partial charge in [0.05, 0.1) is 12.3 Å². The molecule has 0 saturated heterocycles. The number of thiocyanates is 1. The van der Waals surface area contributed by atoms with E-state index in [1.54, 1.807) is 36.1 Å². The van der Waals surface area contributed by atoms with Crippen molar-refractivity contribution in [2.24, 2.45) is 0 Å². The summed E-state index contributed by atoms with van der Waals surface area (Å²) in [7, 11) is 1.56. The molecule has 0 saturated carbocycles. The second-order valence-corrected chi connectivity index (χ2v) is 6.60. The number of aryl methyl sites for hydroxylation is 1. The zero-order valence-corrected chi connectivity index (χ0v) is 15.7. The number of hydrogen-bond acceptors (Lipinski definition) is 6. The molecule has 0 aliphatic rings. The predicted octanol–water partition coefficient (Wildman–Crippen LogP) is 3.55. The normalized spacial score (nSPS) is 10.4. The summed E-state index contributed by atoms with van der Waals surface area (Å²) >= 11 is 1.06. The van der Waals surface area contributed by atoms with E-state index in [0.717, 1.165) is 27.9 Å². The van der Waals surface area contributed by atoms with Crippen LogP contribution in [0.4, 0.5) is 5.69 Å². The molecule has 0 fully saturated rings. The molecule has 8 heteroatoms. The van der Waals surface area contributed by atoms with Gasteiger partial charge in [-0.1, -0.05) is 17.3 Å². The number of rotatable bonds is 6. The molecule has 0 radical (unpaired) electrons. The second-order valence-electron chi connectivity index (χ2n) is 5.74. The van der Waals surface area contributed by atoms with Crippen molar-refractivity contribution in [2.45, 2.75) is 18.4 Å². The third-order valence-electron chi connectivity index (χ3n) is 3.78. The molecule has 0 spiro atoms. The van der Waals surface area contributed by atoms with E-state index in [-0.39, 0.29) is 18.2 Å². The fraction of sp³-hybridized carbons (Fsp3) is 0.158. The maximum Gasteiger partial charge on any atom is 0.278 e. The lowest BCUT2D eigenvalue weighted by Gasteiger charge is -2.08. The highest BCUT2D eigenvalue weighted by molar-refractivity contribution is 8.03. The van der Waals surface area contributed by atoms with Gasteiger partial charge in [0.2, 0.25) is 0 Å². The number of thioether (sulfide) groups is 1. The third kappa shape index (κ3) is 4.34. The SMILES string of the molecule is COCc1c(C(=O)Nc2ccc(SC#N)cc2)nnn1-c1cccc(C)c1. The maximum atomic E-state index is 12.7. The van der Waals surface area contributed by atoms with Gasteiger partial charge in [-0.25, -0.2) is 4.68 Å². The summed E-state index contributed by atoms with van der Waals surface area (Å²) in [5.74, 6) is -0.373. The summed E-state index contributed by atoms with van der Waals surface area (Å²) < 4.78 is 6.86. The van der Waals surface area contributed by atoms with Crippen LogP contribution in [-0.2, 0) is 11.3 Å². The summed E-state index contributed by atoms with van der Waals surface area (Å²) in [6.07, 6.45) is 0. The maximum absolute atomic E-state index is 12.7. The third-order valence-corrected chi connectivity index (χ3v) is 4.38. The van der Waals surface area contributed by atoms with Crippen LogP contribution in [0.2, 0.25) is 0 Å². The number of nitrogens with one attached hydrogen (secondary N) is 1. The predicted molar refractivity (Wildman–Crippen MR) is 103 cm³/mol. The molecule has 0 atom stereocenters. The van der Waals surface area contributed by atoms with E-state index in [9.17, 15) is 4.79 Å². The number of carbonyl (C=O) groups is 1. The first-order valence-electron chi connectivity index (χ1n) is 8.10.